The van der Waals surface area contributed by atoms with Gasteiger partial charge in [0, 0.05) is 43.1 Å². The minimum Gasteiger partial charge on any atom is -0.393 e. The van der Waals surface area contributed by atoms with Crippen LogP contribution in [0.4, 0.5) is 5.95 Å². The lowest BCUT2D eigenvalue weighted by atomic mass is 9.93. The van der Waals surface area contributed by atoms with Gasteiger partial charge in [-0.25, -0.2) is 15.0 Å². The smallest absolute Gasteiger partial charge is 0.253 e. The van der Waals surface area contributed by atoms with E-state index in [-0.39, 0.29) is 18.1 Å². The van der Waals surface area contributed by atoms with Crippen LogP contribution < -0.4 is 10.6 Å². The molecule has 1 fully saturated rings. The zero-order chi connectivity index (χ0) is 20.2. The maximum atomic E-state index is 12.8. The van der Waals surface area contributed by atoms with Crippen LogP contribution in [-0.4, -0.2) is 49.2 Å². The number of aliphatic hydroxyl groups is 1. The van der Waals surface area contributed by atoms with Crippen LogP contribution in [-0.2, 0) is 6.54 Å². The summed E-state index contributed by atoms with van der Waals surface area (Å²) in [6, 6.07) is 5.78. The van der Waals surface area contributed by atoms with Gasteiger partial charge in [0.1, 0.15) is 5.82 Å². The maximum absolute atomic E-state index is 12.8. The molecular weight excluding hydrogens is 368 g/mol. The van der Waals surface area contributed by atoms with Crippen molar-refractivity contribution in [1.29, 1.82) is 0 Å². The second-order valence-corrected chi connectivity index (χ2v) is 7.51. The second kappa shape index (κ2) is 8.57. The molecule has 2 heterocycles. The van der Waals surface area contributed by atoms with Crippen molar-refractivity contribution in [2.24, 2.45) is 0 Å². The highest BCUT2D eigenvalue weighted by atomic mass is 16.3. The molecule has 0 bridgehead atoms. The summed E-state index contributed by atoms with van der Waals surface area (Å²) in [4.78, 5) is 26.0. The third-order valence-corrected chi connectivity index (χ3v) is 5.45. The second-order valence-electron chi connectivity index (χ2n) is 7.51. The quantitative estimate of drug-likeness (QED) is 0.592. The van der Waals surface area contributed by atoms with Crippen LogP contribution in [0.5, 0.6) is 0 Å². The predicted octanol–water partition coefficient (Wildman–Crippen LogP) is 2.28. The monoisotopic (exact) mass is 394 g/mol. The summed E-state index contributed by atoms with van der Waals surface area (Å²) in [6.45, 7) is 3.11. The van der Waals surface area contributed by atoms with E-state index in [0.717, 1.165) is 36.9 Å². The Balaban J connectivity index is 1.46. The largest absolute Gasteiger partial charge is 0.393 e. The molecule has 2 aromatic heterocycles. The lowest BCUT2D eigenvalue weighted by Gasteiger charge is -2.26. The fourth-order valence-corrected chi connectivity index (χ4v) is 3.74. The SMILES string of the molecule is Cc1nccn1CCNC(=O)c1cccc2cnc(N[C@H]3CC[C@H](O)CC3)nc12. The Labute approximate surface area is 169 Å². The van der Waals surface area contributed by atoms with Gasteiger partial charge in [-0.1, -0.05) is 12.1 Å². The molecule has 3 aromatic rings. The Morgan fingerprint density at radius 2 is 2.07 bits per heavy atom. The number of fused-ring (bicyclic) bond motifs is 1. The molecule has 8 nitrogen and oxygen atoms in total. The number of hydrogen-bond donors (Lipinski definition) is 3. The number of aliphatic hydroxyl groups excluding tert-OH is 1. The fraction of sp³-hybridized carbons (Fsp3) is 0.429. The van der Waals surface area contributed by atoms with Crippen molar-refractivity contribution in [3.8, 4) is 0 Å². The first-order valence-electron chi connectivity index (χ1n) is 10.1. The van der Waals surface area contributed by atoms with Crippen molar-refractivity contribution >= 4 is 22.8 Å². The maximum Gasteiger partial charge on any atom is 0.253 e. The molecule has 1 aromatic carbocycles. The molecule has 8 heteroatoms. The number of amides is 1. The number of nitrogens with one attached hydrogen (secondary N) is 2. The molecule has 0 aliphatic heterocycles. The minimum absolute atomic E-state index is 0.154. The van der Waals surface area contributed by atoms with E-state index in [2.05, 4.69) is 25.6 Å². The van der Waals surface area contributed by atoms with Crippen LogP contribution in [0, 0.1) is 6.92 Å². The molecule has 0 radical (unpaired) electrons. The minimum atomic E-state index is -0.202. The topological polar surface area (TPSA) is 105 Å². The van der Waals surface area contributed by atoms with Gasteiger partial charge in [-0.3, -0.25) is 4.79 Å². The fourth-order valence-electron chi connectivity index (χ4n) is 3.74. The highest BCUT2D eigenvalue weighted by Crippen LogP contribution is 2.22. The Bertz CT molecular complexity index is 994. The summed E-state index contributed by atoms with van der Waals surface area (Å²) in [5.74, 6) is 1.29. The van der Waals surface area contributed by atoms with Gasteiger partial charge >= 0.3 is 0 Å². The average molecular weight is 394 g/mol. The van der Waals surface area contributed by atoms with E-state index in [1.165, 1.54) is 0 Å². The molecule has 1 amide bonds. The van der Waals surface area contributed by atoms with E-state index < -0.39 is 0 Å². The predicted molar refractivity (Wildman–Crippen MR) is 111 cm³/mol. The van der Waals surface area contributed by atoms with Crippen molar-refractivity contribution in [2.75, 3.05) is 11.9 Å². The number of aromatic nitrogens is 4. The van der Waals surface area contributed by atoms with E-state index in [4.69, 9.17) is 0 Å². The first-order chi connectivity index (χ1) is 14.1. The van der Waals surface area contributed by atoms with E-state index in [9.17, 15) is 9.90 Å². The number of rotatable bonds is 6. The zero-order valence-electron chi connectivity index (χ0n) is 16.5. The zero-order valence-corrected chi connectivity index (χ0v) is 16.5. The Morgan fingerprint density at radius 1 is 1.24 bits per heavy atom. The normalized spacial score (nSPS) is 19.2. The van der Waals surface area contributed by atoms with E-state index >= 15 is 0 Å². The van der Waals surface area contributed by atoms with Crippen molar-refractivity contribution < 1.29 is 9.90 Å². The number of hydrogen-bond acceptors (Lipinski definition) is 6. The number of imidazole rings is 1. The first kappa shape index (κ1) is 19.3. The van der Waals surface area contributed by atoms with Crippen LogP contribution in [0.25, 0.3) is 10.9 Å². The number of anilines is 1. The van der Waals surface area contributed by atoms with Gasteiger partial charge < -0.3 is 20.3 Å². The van der Waals surface area contributed by atoms with Gasteiger partial charge in [0.25, 0.3) is 5.91 Å². The molecule has 152 valence electrons. The highest BCUT2D eigenvalue weighted by Gasteiger charge is 2.20. The number of para-hydroxylation sites is 1. The summed E-state index contributed by atoms with van der Waals surface area (Å²) >= 11 is 0. The molecule has 0 unspecified atom stereocenters. The molecule has 1 aliphatic carbocycles. The summed E-state index contributed by atoms with van der Waals surface area (Å²) in [6.07, 6.45) is 8.54. The van der Waals surface area contributed by atoms with E-state index in [0.29, 0.717) is 30.1 Å². The van der Waals surface area contributed by atoms with E-state index in [1.807, 2.05) is 29.8 Å². The number of aryl methyl sites for hydroxylation is 1. The summed E-state index contributed by atoms with van der Waals surface area (Å²) < 4.78 is 1.99. The Hall–Kier alpha value is -3.00. The Morgan fingerprint density at radius 3 is 2.83 bits per heavy atom. The van der Waals surface area contributed by atoms with Crippen molar-refractivity contribution in [1.82, 2.24) is 24.8 Å². The lowest BCUT2D eigenvalue weighted by Crippen LogP contribution is -2.29. The van der Waals surface area contributed by atoms with Crippen LogP contribution in [0.2, 0.25) is 0 Å². The first-order valence-corrected chi connectivity index (χ1v) is 10.1. The molecule has 0 spiro atoms. The standard InChI is InChI=1S/C21H26N6O2/c1-14-22-9-11-27(14)12-10-23-20(29)18-4-2-3-15-13-24-21(26-19(15)18)25-16-5-7-17(28)8-6-16/h2-4,9,11,13,16-17,28H,5-8,10,12H2,1H3,(H,23,29)(H,24,25,26)/t16-,17-. The molecule has 1 saturated carbocycles. The van der Waals surface area contributed by atoms with E-state index in [1.54, 1.807) is 18.5 Å². The molecule has 0 atom stereocenters. The summed E-state index contributed by atoms with van der Waals surface area (Å²) in [5, 5.41) is 16.8. The highest BCUT2D eigenvalue weighted by molar-refractivity contribution is 6.05. The van der Waals surface area contributed by atoms with Gasteiger partial charge in [-0.2, -0.15) is 0 Å². The molecule has 29 heavy (non-hydrogen) atoms. The van der Waals surface area contributed by atoms with Crippen molar-refractivity contribution in [3.05, 3.63) is 48.2 Å². The molecule has 1 aliphatic rings. The third-order valence-electron chi connectivity index (χ3n) is 5.45. The molecule has 3 N–H and O–H groups in total. The Kier molecular flexibility index (Phi) is 5.71. The number of benzene rings is 1. The van der Waals surface area contributed by atoms with Gasteiger partial charge in [0.2, 0.25) is 5.95 Å². The number of carbonyl (C=O) groups excluding carboxylic acids is 1. The summed E-state index contributed by atoms with van der Waals surface area (Å²) in [7, 11) is 0. The molecular formula is C21H26N6O2. The molecule has 4 rings (SSSR count). The van der Waals surface area contributed by atoms with Gasteiger partial charge in [-0.05, 0) is 38.7 Å². The average Bonchev–Trinajstić information content (AvgIpc) is 3.14. The van der Waals surface area contributed by atoms with Crippen LogP contribution in [0.1, 0.15) is 41.9 Å². The summed E-state index contributed by atoms with van der Waals surface area (Å²) in [5.41, 5.74) is 1.17. The van der Waals surface area contributed by atoms with Crippen molar-refractivity contribution in [2.45, 2.75) is 51.3 Å². The number of carbonyl (C=O) groups is 1. The molecule has 0 saturated heterocycles. The third kappa shape index (κ3) is 4.54. The van der Waals surface area contributed by atoms with Crippen LogP contribution in [0.3, 0.4) is 0 Å². The lowest BCUT2D eigenvalue weighted by molar-refractivity contribution is 0.0953. The van der Waals surface area contributed by atoms with Crippen molar-refractivity contribution in [3.63, 3.8) is 0 Å². The number of nitrogens with zero attached hydrogens (tertiary/aromatic N) is 4. The van der Waals surface area contributed by atoms with Crippen LogP contribution >= 0.6 is 0 Å². The van der Waals surface area contributed by atoms with Gasteiger partial charge in [-0.15, -0.1) is 0 Å². The van der Waals surface area contributed by atoms with Crippen LogP contribution in [0.15, 0.2) is 36.8 Å². The van der Waals surface area contributed by atoms with Gasteiger partial charge in [0.15, 0.2) is 0 Å². The van der Waals surface area contributed by atoms with Gasteiger partial charge in [0.05, 0.1) is 17.2 Å².